The van der Waals surface area contributed by atoms with E-state index in [1.165, 1.54) is 18.1 Å². The molecule has 1 heterocycles. The van der Waals surface area contributed by atoms with Gasteiger partial charge in [-0.3, -0.25) is 0 Å². The number of hydrogen-bond acceptors (Lipinski definition) is 6. The van der Waals surface area contributed by atoms with Crippen LogP contribution in [-0.2, 0) is 19.4 Å². The van der Waals surface area contributed by atoms with E-state index >= 15 is 0 Å². The van der Waals surface area contributed by atoms with Gasteiger partial charge >= 0.3 is 6.36 Å². The summed E-state index contributed by atoms with van der Waals surface area (Å²) in [7, 11) is 1.90. The molecule has 1 fully saturated rings. The minimum Gasteiger partial charge on any atom is -0.405 e. The molecule has 0 amide bonds. The number of rotatable bonds is 7. The normalized spacial score (nSPS) is 20.8. The maximum Gasteiger partial charge on any atom is 0.573 e. The molecule has 3 N–H and O–H groups in total. The second-order valence-corrected chi connectivity index (χ2v) is 9.57. The zero-order chi connectivity index (χ0) is 23.4. The summed E-state index contributed by atoms with van der Waals surface area (Å²) in [4.78, 5) is 9.45. The minimum atomic E-state index is -4.72. The minimum absolute atomic E-state index is 0.176. The molecule has 180 valence electrons. The van der Waals surface area contributed by atoms with Gasteiger partial charge in [0.05, 0.1) is 5.69 Å². The van der Waals surface area contributed by atoms with Crippen LogP contribution in [0.4, 0.5) is 24.9 Å². The number of hydrogen-bond donors (Lipinski definition) is 3. The summed E-state index contributed by atoms with van der Waals surface area (Å²) in [5.41, 5.74) is 2.87. The Kier molecular flexibility index (Phi) is 7.63. The smallest absolute Gasteiger partial charge is 0.405 e. The maximum absolute atomic E-state index is 12.7. The van der Waals surface area contributed by atoms with Crippen LogP contribution >= 0.6 is 15.9 Å². The van der Waals surface area contributed by atoms with Crippen molar-refractivity contribution in [2.45, 2.75) is 76.4 Å². The standard InChI is InChI=1S/C23H29BrF3N5O/c1-28-21-18-4-2-3-5-19(18)31-22(32-21)30-17-10-8-16(9-11-17)29-13-14-6-7-15(24)12-20(14)33-23(25,26)27/h6-7,12,16-17,29H,2-5,8-11,13H2,1H3,(H2,28,30,31,32). The SMILES string of the molecule is CNc1nc(NC2CCC(NCc3ccc(Br)cc3OC(F)(F)F)CC2)nc2c1CCCC2. The molecule has 0 unspecified atom stereocenters. The average Bonchev–Trinajstić information content (AvgIpc) is 2.78. The van der Waals surface area contributed by atoms with Crippen molar-refractivity contribution in [2.75, 3.05) is 17.7 Å². The number of ether oxygens (including phenoxy) is 1. The lowest BCUT2D eigenvalue weighted by molar-refractivity contribution is -0.274. The number of anilines is 2. The third-order valence-corrected chi connectivity index (χ3v) is 6.81. The lowest BCUT2D eigenvalue weighted by Gasteiger charge is -2.30. The summed E-state index contributed by atoms with van der Waals surface area (Å²) in [6.07, 6.45) is 3.38. The molecule has 4 rings (SSSR count). The van der Waals surface area contributed by atoms with Gasteiger partial charge in [-0.25, -0.2) is 4.98 Å². The van der Waals surface area contributed by atoms with E-state index in [-0.39, 0.29) is 17.8 Å². The molecule has 0 bridgehead atoms. The topological polar surface area (TPSA) is 71.1 Å². The first-order chi connectivity index (χ1) is 15.8. The fourth-order valence-electron chi connectivity index (χ4n) is 4.64. The number of halogens is 4. The second kappa shape index (κ2) is 10.5. The van der Waals surface area contributed by atoms with Crippen molar-refractivity contribution in [2.24, 2.45) is 0 Å². The van der Waals surface area contributed by atoms with Crippen LogP contribution in [0, 0.1) is 0 Å². The van der Waals surface area contributed by atoms with Gasteiger partial charge in [-0.15, -0.1) is 13.2 Å². The molecular formula is C23H29BrF3N5O. The Balaban J connectivity index is 1.31. The highest BCUT2D eigenvalue weighted by Gasteiger charge is 2.32. The van der Waals surface area contributed by atoms with Gasteiger partial charge < -0.3 is 20.7 Å². The Bertz CT molecular complexity index is 947. The summed E-state index contributed by atoms with van der Waals surface area (Å²) in [6, 6.07) is 5.24. The summed E-state index contributed by atoms with van der Waals surface area (Å²) >= 11 is 3.21. The van der Waals surface area contributed by atoms with Crippen LogP contribution in [0.5, 0.6) is 5.75 Å². The molecule has 10 heteroatoms. The van der Waals surface area contributed by atoms with Crippen LogP contribution in [0.2, 0.25) is 0 Å². The lowest BCUT2D eigenvalue weighted by atomic mass is 9.91. The number of aromatic nitrogens is 2. The highest BCUT2D eigenvalue weighted by atomic mass is 79.9. The van der Waals surface area contributed by atoms with Crippen molar-refractivity contribution in [3.8, 4) is 5.75 Å². The van der Waals surface area contributed by atoms with E-state index in [9.17, 15) is 13.2 Å². The zero-order valence-corrected chi connectivity index (χ0v) is 20.2. The third kappa shape index (κ3) is 6.50. The molecule has 2 aromatic rings. The number of alkyl halides is 3. The predicted octanol–water partition coefficient (Wildman–Crippen LogP) is 5.57. The van der Waals surface area contributed by atoms with Crippen molar-refractivity contribution in [1.82, 2.24) is 15.3 Å². The van der Waals surface area contributed by atoms with Gasteiger partial charge in [0.15, 0.2) is 0 Å². The number of nitrogens with one attached hydrogen (secondary N) is 3. The van der Waals surface area contributed by atoms with E-state index in [0.717, 1.165) is 56.5 Å². The van der Waals surface area contributed by atoms with Crippen molar-refractivity contribution in [1.29, 1.82) is 0 Å². The molecule has 0 aliphatic heterocycles. The fraction of sp³-hybridized carbons (Fsp3) is 0.565. The van der Waals surface area contributed by atoms with E-state index < -0.39 is 6.36 Å². The molecule has 0 saturated heterocycles. The van der Waals surface area contributed by atoms with Crippen LogP contribution in [0.3, 0.4) is 0 Å². The fourth-order valence-corrected chi connectivity index (χ4v) is 4.98. The number of benzene rings is 1. The maximum atomic E-state index is 12.7. The molecule has 2 aliphatic carbocycles. The Morgan fingerprint density at radius 2 is 1.79 bits per heavy atom. The largest absolute Gasteiger partial charge is 0.573 e. The predicted molar refractivity (Wildman–Crippen MR) is 126 cm³/mol. The number of nitrogens with zero attached hydrogens (tertiary/aromatic N) is 2. The molecule has 1 saturated carbocycles. The van der Waals surface area contributed by atoms with Crippen LogP contribution < -0.4 is 20.7 Å². The van der Waals surface area contributed by atoms with Gasteiger partial charge in [0.25, 0.3) is 0 Å². The van der Waals surface area contributed by atoms with Crippen LogP contribution in [-0.4, -0.2) is 35.5 Å². The molecular weight excluding hydrogens is 499 g/mol. The number of fused-ring (bicyclic) bond motifs is 1. The van der Waals surface area contributed by atoms with E-state index in [2.05, 4.69) is 41.6 Å². The first kappa shape index (κ1) is 24.1. The summed E-state index contributed by atoms with van der Waals surface area (Å²) in [6.45, 7) is 0.320. The summed E-state index contributed by atoms with van der Waals surface area (Å²) in [5.74, 6) is 1.42. The van der Waals surface area contributed by atoms with E-state index in [1.54, 1.807) is 12.1 Å². The summed E-state index contributed by atoms with van der Waals surface area (Å²) < 4.78 is 42.9. The van der Waals surface area contributed by atoms with Gasteiger partial charge in [0, 0.05) is 41.3 Å². The van der Waals surface area contributed by atoms with Crippen molar-refractivity contribution in [3.63, 3.8) is 0 Å². The molecule has 33 heavy (non-hydrogen) atoms. The van der Waals surface area contributed by atoms with Crippen molar-refractivity contribution in [3.05, 3.63) is 39.5 Å². The van der Waals surface area contributed by atoms with Crippen LogP contribution in [0.1, 0.15) is 55.3 Å². The van der Waals surface area contributed by atoms with E-state index in [1.807, 2.05) is 7.05 Å². The summed E-state index contributed by atoms with van der Waals surface area (Å²) in [5, 5.41) is 10.1. The molecule has 0 radical (unpaired) electrons. The highest BCUT2D eigenvalue weighted by molar-refractivity contribution is 9.10. The van der Waals surface area contributed by atoms with Gasteiger partial charge in [-0.1, -0.05) is 22.0 Å². The van der Waals surface area contributed by atoms with Gasteiger partial charge in [-0.2, -0.15) is 4.98 Å². The highest BCUT2D eigenvalue weighted by Crippen LogP contribution is 2.31. The lowest BCUT2D eigenvalue weighted by Crippen LogP contribution is -2.37. The monoisotopic (exact) mass is 527 g/mol. The molecule has 0 spiro atoms. The molecule has 1 aromatic heterocycles. The second-order valence-electron chi connectivity index (χ2n) is 8.65. The third-order valence-electron chi connectivity index (χ3n) is 6.32. The van der Waals surface area contributed by atoms with E-state index in [4.69, 9.17) is 4.98 Å². The first-order valence-electron chi connectivity index (χ1n) is 11.4. The molecule has 1 aromatic carbocycles. The Hall–Kier alpha value is -2.07. The average molecular weight is 528 g/mol. The molecule has 0 atom stereocenters. The Morgan fingerprint density at radius 3 is 2.52 bits per heavy atom. The Morgan fingerprint density at radius 1 is 1.06 bits per heavy atom. The van der Waals surface area contributed by atoms with E-state index in [0.29, 0.717) is 22.5 Å². The first-order valence-corrected chi connectivity index (χ1v) is 12.2. The van der Waals surface area contributed by atoms with Crippen LogP contribution in [0.25, 0.3) is 0 Å². The van der Waals surface area contributed by atoms with Crippen LogP contribution in [0.15, 0.2) is 22.7 Å². The van der Waals surface area contributed by atoms with Crippen molar-refractivity contribution < 1.29 is 17.9 Å². The van der Waals surface area contributed by atoms with Gasteiger partial charge in [-0.05, 0) is 63.5 Å². The Labute approximate surface area is 200 Å². The molecule has 2 aliphatic rings. The van der Waals surface area contributed by atoms with Gasteiger partial charge in [0.2, 0.25) is 5.95 Å². The quantitative estimate of drug-likeness (QED) is 0.437. The zero-order valence-electron chi connectivity index (χ0n) is 18.6. The molecule has 6 nitrogen and oxygen atoms in total. The van der Waals surface area contributed by atoms with Gasteiger partial charge in [0.1, 0.15) is 11.6 Å². The van der Waals surface area contributed by atoms with Crippen molar-refractivity contribution >= 4 is 27.7 Å². The number of aryl methyl sites for hydroxylation is 1.